The smallest absolute Gasteiger partial charge is 0.312 e. The van der Waals surface area contributed by atoms with Crippen LogP contribution in [0, 0.1) is 0 Å². The second-order valence-corrected chi connectivity index (χ2v) is 8.54. The molecule has 0 amide bonds. The molecule has 0 bridgehead atoms. The number of aryl methyl sites for hydroxylation is 1. The molecule has 0 aliphatic carbocycles. The van der Waals surface area contributed by atoms with Crippen LogP contribution < -0.4 is 0 Å². The van der Waals surface area contributed by atoms with Crippen molar-refractivity contribution in [2.75, 3.05) is 11.5 Å². The monoisotopic (exact) mass is 410 g/mol. The Morgan fingerprint density at radius 3 is 2.64 bits per heavy atom. The summed E-state index contributed by atoms with van der Waals surface area (Å²) in [5.74, 6) is -0.137. The van der Waals surface area contributed by atoms with Crippen LogP contribution in [-0.4, -0.2) is 39.4 Å². The van der Waals surface area contributed by atoms with Gasteiger partial charge >= 0.3 is 6.18 Å². The summed E-state index contributed by atoms with van der Waals surface area (Å²) in [5.41, 5.74) is 0.361. The van der Waals surface area contributed by atoms with E-state index >= 15 is 0 Å². The Morgan fingerprint density at radius 2 is 2.04 bits per heavy atom. The number of fused-ring (bicyclic) bond motifs is 1. The summed E-state index contributed by atoms with van der Waals surface area (Å²) in [5, 5.41) is 0. The molecular weight excluding hydrogens is 393 g/mol. The minimum Gasteiger partial charge on any atom is -0.312 e. The maximum Gasteiger partial charge on any atom is 0.417 e. The van der Waals surface area contributed by atoms with E-state index in [4.69, 9.17) is 0 Å². The molecule has 0 aromatic carbocycles. The summed E-state index contributed by atoms with van der Waals surface area (Å²) in [6.07, 6.45) is 0.949. The highest BCUT2D eigenvalue weighted by atomic mass is 32.2. The molecule has 0 fully saturated rings. The zero-order valence-corrected chi connectivity index (χ0v) is 15.9. The normalized spacial score (nSPS) is 13.2. The van der Waals surface area contributed by atoms with E-state index in [1.54, 1.807) is 37.7 Å². The van der Waals surface area contributed by atoms with Crippen molar-refractivity contribution in [3.8, 4) is 0 Å². The topological polar surface area (TPSA) is 77.7 Å². The fourth-order valence-electron chi connectivity index (χ4n) is 2.69. The first-order valence-corrected chi connectivity index (χ1v) is 10.1. The van der Waals surface area contributed by atoms with Crippen LogP contribution in [0.2, 0.25) is 0 Å². The van der Waals surface area contributed by atoms with Crippen molar-refractivity contribution in [1.82, 2.24) is 19.5 Å². The number of alkyl halides is 3. The highest BCUT2D eigenvalue weighted by molar-refractivity contribution is 7.91. The minimum atomic E-state index is -4.54. The summed E-state index contributed by atoms with van der Waals surface area (Å²) in [6.45, 7) is 1.53. The Bertz CT molecular complexity index is 1140. The molecule has 0 saturated heterocycles. The number of rotatable bonds is 5. The molecule has 28 heavy (non-hydrogen) atoms. The molecule has 3 heterocycles. The summed E-state index contributed by atoms with van der Waals surface area (Å²) in [6, 6.07) is 4.35. The first-order chi connectivity index (χ1) is 13.1. The van der Waals surface area contributed by atoms with Gasteiger partial charge in [0.25, 0.3) is 0 Å². The molecule has 10 heteroatoms. The van der Waals surface area contributed by atoms with E-state index in [1.807, 2.05) is 0 Å². The van der Waals surface area contributed by atoms with E-state index in [0.717, 1.165) is 12.3 Å². The van der Waals surface area contributed by atoms with Gasteiger partial charge in [-0.1, -0.05) is 13.0 Å². The van der Waals surface area contributed by atoms with E-state index < -0.39 is 21.6 Å². The second kappa shape index (κ2) is 7.34. The van der Waals surface area contributed by atoms with Gasteiger partial charge in [0.15, 0.2) is 15.5 Å². The molecule has 0 aliphatic rings. The maximum absolute atomic E-state index is 13.0. The Kier molecular flexibility index (Phi) is 5.24. The van der Waals surface area contributed by atoms with Crippen LogP contribution in [0.4, 0.5) is 13.2 Å². The molecule has 3 aromatic heterocycles. The Balaban J connectivity index is 2.18. The van der Waals surface area contributed by atoms with Crippen LogP contribution >= 0.6 is 0 Å². The molecule has 0 unspecified atom stereocenters. The van der Waals surface area contributed by atoms with Crippen molar-refractivity contribution in [2.45, 2.75) is 13.1 Å². The number of hydrogen-bond donors (Lipinski definition) is 0. The molecule has 148 valence electrons. The third kappa shape index (κ3) is 4.22. The molecule has 0 spiro atoms. The zero-order valence-electron chi connectivity index (χ0n) is 15.1. The molecule has 3 rings (SSSR count). The average Bonchev–Trinajstić information content (AvgIpc) is 2.97. The molecule has 0 N–H and O–H groups in total. The standard InChI is InChI=1S/C18H17F3N4O2S/c1-3-28(26,27)11-13(7-12-5-4-6-22-9-12)16-24-15-8-14(18(19,20)21)10-23-17(15)25(16)2/h4-10H,3,11H2,1-2H3/b13-7+. The maximum atomic E-state index is 13.0. The van der Waals surface area contributed by atoms with Gasteiger partial charge in [-0.25, -0.2) is 18.4 Å². The van der Waals surface area contributed by atoms with E-state index in [2.05, 4.69) is 15.0 Å². The first-order valence-electron chi connectivity index (χ1n) is 8.32. The van der Waals surface area contributed by atoms with E-state index in [0.29, 0.717) is 11.1 Å². The van der Waals surface area contributed by atoms with Gasteiger partial charge in [0, 0.05) is 37.0 Å². The van der Waals surface area contributed by atoms with Gasteiger partial charge in [0.2, 0.25) is 0 Å². The predicted molar refractivity (Wildman–Crippen MR) is 99.9 cm³/mol. The summed E-state index contributed by atoms with van der Waals surface area (Å²) in [4.78, 5) is 12.1. The fourth-order valence-corrected chi connectivity index (χ4v) is 3.58. The highest BCUT2D eigenvalue weighted by Gasteiger charge is 2.32. The van der Waals surface area contributed by atoms with E-state index in [9.17, 15) is 21.6 Å². The summed E-state index contributed by atoms with van der Waals surface area (Å²) in [7, 11) is -1.83. The van der Waals surface area contributed by atoms with Crippen molar-refractivity contribution in [2.24, 2.45) is 7.05 Å². The van der Waals surface area contributed by atoms with E-state index in [1.165, 1.54) is 11.5 Å². The van der Waals surface area contributed by atoms with Crippen molar-refractivity contribution in [3.63, 3.8) is 0 Å². The van der Waals surface area contributed by atoms with Crippen LogP contribution in [0.1, 0.15) is 23.9 Å². The van der Waals surface area contributed by atoms with Crippen LogP contribution in [0.3, 0.4) is 0 Å². The lowest BCUT2D eigenvalue weighted by Gasteiger charge is -2.08. The van der Waals surface area contributed by atoms with Gasteiger partial charge in [0.1, 0.15) is 11.3 Å². The van der Waals surface area contributed by atoms with Crippen LogP contribution in [0.5, 0.6) is 0 Å². The van der Waals surface area contributed by atoms with Crippen molar-refractivity contribution >= 4 is 32.7 Å². The Labute approximate surface area is 159 Å². The average molecular weight is 410 g/mol. The molecule has 6 nitrogen and oxygen atoms in total. The number of hydrogen-bond acceptors (Lipinski definition) is 5. The SMILES string of the molecule is CCS(=O)(=O)C/C(=C\c1cccnc1)c1nc2cc(C(F)(F)F)cnc2n1C. The third-order valence-electron chi connectivity index (χ3n) is 4.16. The number of sulfone groups is 1. The van der Waals surface area contributed by atoms with E-state index in [-0.39, 0.29) is 28.5 Å². The van der Waals surface area contributed by atoms with Crippen LogP contribution in [0.15, 0.2) is 36.8 Å². The minimum absolute atomic E-state index is 0.0401. The molecule has 0 atom stereocenters. The van der Waals surface area contributed by atoms with Gasteiger partial charge in [-0.15, -0.1) is 0 Å². The zero-order chi connectivity index (χ0) is 20.5. The number of nitrogens with zero attached hydrogens (tertiary/aromatic N) is 4. The van der Waals surface area contributed by atoms with Gasteiger partial charge in [0.05, 0.1) is 11.3 Å². The fraction of sp³-hybridized carbons (Fsp3) is 0.278. The van der Waals surface area contributed by atoms with Gasteiger partial charge in [-0.2, -0.15) is 13.2 Å². The van der Waals surface area contributed by atoms with Crippen LogP contribution in [-0.2, 0) is 23.1 Å². The summed E-state index contributed by atoms with van der Waals surface area (Å²) >= 11 is 0. The Hall–Kier alpha value is -2.75. The van der Waals surface area contributed by atoms with Crippen LogP contribution in [0.25, 0.3) is 22.8 Å². The predicted octanol–water partition coefficient (Wildman–Crippen LogP) is 3.36. The van der Waals surface area contributed by atoms with Gasteiger partial charge < -0.3 is 4.57 Å². The summed E-state index contributed by atoms with van der Waals surface area (Å²) < 4.78 is 64.8. The highest BCUT2D eigenvalue weighted by Crippen LogP contribution is 2.31. The molecule has 0 saturated carbocycles. The number of halogens is 3. The number of pyridine rings is 2. The second-order valence-electron chi connectivity index (χ2n) is 6.19. The molecule has 0 radical (unpaired) electrons. The lowest BCUT2D eigenvalue weighted by Crippen LogP contribution is -2.12. The molecule has 0 aliphatic heterocycles. The van der Waals surface area contributed by atoms with Gasteiger partial charge in [-0.3, -0.25) is 4.98 Å². The van der Waals surface area contributed by atoms with Crippen molar-refractivity contribution < 1.29 is 21.6 Å². The lowest BCUT2D eigenvalue weighted by molar-refractivity contribution is -0.137. The number of aromatic nitrogens is 4. The quantitative estimate of drug-likeness (QED) is 0.645. The van der Waals surface area contributed by atoms with Gasteiger partial charge in [-0.05, 0) is 23.8 Å². The molecule has 3 aromatic rings. The Morgan fingerprint density at radius 1 is 1.29 bits per heavy atom. The molecular formula is C18H17F3N4O2S. The number of imidazole rings is 1. The first kappa shape index (κ1) is 20.0. The van der Waals surface area contributed by atoms with Crippen molar-refractivity contribution in [3.05, 3.63) is 53.7 Å². The lowest BCUT2D eigenvalue weighted by atomic mass is 10.2. The van der Waals surface area contributed by atoms with Crippen molar-refractivity contribution in [1.29, 1.82) is 0 Å². The largest absolute Gasteiger partial charge is 0.417 e. The third-order valence-corrected chi connectivity index (χ3v) is 5.79.